The van der Waals surface area contributed by atoms with Gasteiger partial charge in [0.2, 0.25) is 0 Å². The number of halogens is 2. The van der Waals surface area contributed by atoms with Crippen LogP contribution in [0.5, 0.6) is 0 Å². The molecule has 1 aromatic carbocycles. The van der Waals surface area contributed by atoms with Gasteiger partial charge in [-0.05, 0) is 25.1 Å². The summed E-state index contributed by atoms with van der Waals surface area (Å²) in [4.78, 5) is 15.1. The smallest absolute Gasteiger partial charge is 0.311 e. The molecule has 1 N–H and O–H groups in total. The second kappa shape index (κ2) is 7.24. The minimum absolute atomic E-state index is 0.0522. The molecule has 0 radical (unpaired) electrons. The monoisotopic (exact) mass is 378 g/mol. The van der Waals surface area contributed by atoms with Crippen LogP contribution in [0.15, 0.2) is 28.5 Å². The number of esters is 1. The van der Waals surface area contributed by atoms with Crippen LogP contribution >= 0.6 is 22.9 Å². The van der Waals surface area contributed by atoms with Crippen molar-refractivity contribution in [1.29, 1.82) is 0 Å². The Bertz CT molecular complexity index is 823. The van der Waals surface area contributed by atoms with E-state index in [1.54, 1.807) is 12.3 Å². The summed E-state index contributed by atoms with van der Waals surface area (Å²) in [7, 11) is -4.00. The zero-order valence-corrected chi connectivity index (χ0v) is 14.3. The van der Waals surface area contributed by atoms with Crippen LogP contribution in [-0.4, -0.2) is 26.0 Å². The number of carbonyl (C=O) groups is 1. The maximum atomic E-state index is 13.0. The predicted molar refractivity (Wildman–Crippen MR) is 84.7 cm³/mol. The zero-order valence-electron chi connectivity index (χ0n) is 11.9. The lowest BCUT2D eigenvalue weighted by molar-refractivity contribution is -0.142. The number of sulfonamides is 1. The van der Waals surface area contributed by atoms with Gasteiger partial charge in [-0.15, -0.1) is 11.3 Å². The molecule has 0 saturated heterocycles. The number of aromatic nitrogens is 1. The summed E-state index contributed by atoms with van der Waals surface area (Å²) in [5.41, 5.74) is 0.386. The fourth-order valence-corrected chi connectivity index (χ4v) is 4.15. The van der Waals surface area contributed by atoms with Gasteiger partial charge in [-0.2, -0.15) is 0 Å². The molecule has 0 saturated carbocycles. The lowest BCUT2D eigenvalue weighted by atomic mass is 10.3. The summed E-state index contributed by atoms with van der Waals surface area (Å²) < 4.78 is 44.5. The Morgan fingerprint density at radius 2 is 2.22 bits per heavy atom. The molecule has 0 bridgehead atoms. The van der Waals surface area contributed by atoms with Crippen LogP contribution in [0.4, 0.5) is 9.52 Å². The molecule has 0 atom stereocenters. The van der Waals surface area contributed by atoms with Crippen molar-refractivity contribution in [2.45, 2.75) is 18.2 Å². The average Bonchev–Trinajstić information content (AvgIpc) is 2.84. The minimum Gasteiger partial charge on any atom is -0.466 e. The van der Waals surface area contributed by atoms with Gasteiger partial charge in [0.1, 0.15) is 10.7 Å². The third-order valence-corrected chi connectivity index (χ3v) is 5.35. The number of benzene rings is 1. The standard InChI is InChI=1S/C13H12ClFN2O4S2/c1-2-21-12(18)6-9-7-22-13(16-9)17-23(19,20)11-4-3-8(15)5-10(11)14/h3-5,7H,2,6H2,1H3,(H,16,17). The normalized spacial score (nSPS) is 11.3. The number of nitrogens with one attached hydrogen (secondary N) is 1. The number of rotatable bonds is 6. The van der Waals surface area contributed by atoms with E-state index in [9.17, 15) is 17.6 Å². The van der Waals surface area contributed by atoms with Gasteiger partial charge in [-0.1, -0.05) is 11.6 Å². The SMILES string of the molecule is CCOC(=O)Cc1csc(NS(=O)(=O)c2ccc(F)cc2Cl)n1. The fraction of sp³-hybridized carbons (Fsp3) is 0.231. The number of carbonyl (C=O) groups excluding carboxylic acids is 1. The summed E-state index contributed by atoms with van der Waals surface area (Å²) in [6, 6.07) is 2.96. The summed E-state index contributed by atoms with van der Waals surface area (Å²) in [5, 5.41) is 1.38. The summed E-state index contributed by atoms with van der Waals surface area (Å²) in [6.45, 7) is 1.94. The van der Waals surface area contributed by atoms with Crippen LogP contribution in [0.3, 0.4) is 0 Å². The van der Waals surface area contributed by atoms with Crippen LogP contribution in [0, 0.1) is 5.82 Å². The molecule has 1 aromatic heterocycles. The second-order valence-electron chi connectivity index (χ2n) is 4.31. The molecule has 2 aromatic rings. The van der Waals surface area contributed by atoms with Crippen LogP contribution < -0.4 is 4.72 Å². The lowest BCUT2D eigenvalue weighted by Gasteiger charge is -2.06. The van der Waals surface area contributed by atoms with E-state index in [2.05, 4.69) is 9.71 Å². The van der Waals surface area contributed by atoms with E-state index < -0.39 is 21.8 Å². The van der Waals surface area contributed by atoms with E-state index in [4.69, 9.17) is 16.3 Å². The fourth-order valence-electron chi connectivity index (χ4n) is 1.66. The predicted octanol–water partition coefficient (Wildman–Crippen LogP) is 2.84. The summed E-state index contributed by atoms with van der Waals surface area (Å²) >= 11 is 6.77. The van der Waals surface area contributed by atoms with Crippen LogP contribution in [0.1, 0.15) is 12.6 Å². The Balaban J connectivity index is 2.15. The van der Waals surface area contributed by atoms with Crippen molar-refractivity contribution in [1.82, 2.24) is 4.98 Å². The molecule has 124 valence electrons. The van der Waals surface area contributed by atoms with E-state index in [1.165, 1.54) is 0 Å². The van der Waals surface area contributed by atoms with Crippen molar-refractivity contribution >= 4 is 44.1 Å². The molecule has 10 heteroatoms. The van der Waals surface area contributed by atoms with Crippen LogP contribution in [0.2, 0.25) is 5.02 Å². The van der Waals surface area contributed by atoms with E-state index in [0.29, 0.717) is 5.69 Å². The van der Waals surface area contributed by atoms with Gasteiger partial charge in [0.05, 0.1) is 23.7 Å². The number of nitrogens with zero attached hydrogens (tertiary/aromatic N) is 1. The molecular weight excluding hydrogens is 367 g/mol. The number of hydrogen-bond acceptors (Lipinski definition) is 6. The van der Waals surface area contributed by atoms with Gasteiger partial charge < -0.3 is 4.74 Å². The number of ether oxygens (including phenoxy) is 1. The van der Waals surface area contributed by atoms with Crippen molar-refractivity contribution in [3.8, 4) is 0 Å². The largest absolute Gasteiger partial charge is 0.466 e. The second-order valence-corrected chi connectivity index (χ2v) is 7.22. The van der Waals surface area contributed by atoms with Gasteiger partial charge in [0.25, 0.3) is 10.0 Å². The first-order chi connectivity index (χ1) is 10.8. The quantitative estimate of drug-likeness (QED) is 0.781. The van der Waals surface area contributed by atoms with Gasteiger partial charge >= 0.3 is 5.97 Å². The third-order valence-electron chi connectivity index (χ3n) is 2.59. The Hall–Kier alpha value is -1.71. The molecule has 2 rings (SSSR count). The van der Waals surface area contributed by atoms with Crippen LogP contribution in [0.25, 0.3) is 0 Å². The molecule has 6 nitrogen and oxygen atoms in total. The van der Waals surface area contributed by atoms with Crippen LogP contribution in [-0.2, 0) is 26.0 Å². The molecule has 0 aliphatic heterocycles. The maximum absolute atomic E-state index is 13.0. The topological polar surface area (TPSA) is 85.4 Å². The summed E-state index contributed by atoms with van der Waals surface area (Å²) in [5.74, 6) is -1.09. The van der Waals surface area contributed by atoms with Crippen molar-refractivity contribution in [2.75, 3.05) is 11.3 Å². The third kappa shape index (κ3) is 4.63. The van der Waals surface area contributed by atoms with E-state index in [1.807, 2.05) is 0 Å². The van der Waals surface area contributed by atoms with Crippen molar-refractivity contribution < 1.29 is 22.3 Å². The zero-order chi connectivity index (χ0) is 17.0. The van der Waals surface area contributed by atoms with Gasteiger partial charge in [-0.3, -0.25) is 9.52 Å². The minimum atomic E-state index is -4.00. The highest BCUT2D eigenvalue weighted by atomic mass is 35.5. The molecule has 0 amide bonds. The highest BCUT2D eigenvalue weighted by molar-refractivity contribution is 7.93. The van der Waals surface area contributed by atoms with Crippen molar-refractivity contribution in [3.05, 3.63) is 40.1 Å². The highest BCUT2D eigenvalue weighted by Gasteiger charge is 2.20. The Kier molecular flexibility index (Phi) is 5.55. The molecule has 0 fully saturated rings. The first kappa shape index (κ1) is 17.6. The van der Waals surface area contributed by atoms with Gasteiger partial charge in [0, 0.05) is 5.38 Å². The molecule has 0 aliphatic carbocycles. The van der Waals surface area contributed by atoms with E-state index in [0.717, 1.165) is 29.5 Å². The highest BCUT2D eigenvalue weighted by Crippen LogP contribution is 2.26. The van der Waals surface area contributed by atoms with Crippen molar-refractivity contribution in [2.24, 2.45) is 0 Å². The summed E-state index contributed by atoms with van der Waals surface area (Å²) in [6.07, 6.45) is -0.0522. The molecular formula is C13H12ClFN2O4S2. The van der Waals surface area contributed by atoms with Gasteiger partial charge in [0.15, 0.2) is 5.13 Å². The molecule has 0 unspecified atom stereocenters. The molecule has 0 aliphatic rings. The molecule has 1 heterocycles. The van der Waals surface area contributed by atoms with E-state index in [-0.39, 0.29) is 28.1 Å². The molecule has 0 spiro atoms. The Morgan fingerprint density at radius 3 is 2.87 bits per heavy atom. The van der Waals surface area contributed by atoms with Gasteiger partial charge in [-0.25, -0.2) is 17.8 Å². The average molecular weight is 379 g/mol. The maximum Gasteiger partial charge on any atom is 0.311 e. The first-order valence-electron chi connectivity index (χ1n) is 6.39. The first-order valence-corrected chi connectivity index (χ1v) is 9.14. The molecule has 23 heavy (non-hydrogen) atoms. The lowest BCUT2D eigenvalue weighted by Crippen LogP contribution is -2.14. The Labute approximate surface area is 141 Å². The number of hydrogen-bond donors (Lipinski definition) is 1. The van der Waals surface area contributed by atoms with E-state index >= 15 is 0 Å². The number of anilines is 1. The number of thiazole rings is 1. The Morgan fingerprint density at radius 1 is 1.48 bits per heavy atom. The van der Waals surface area contributed by atoms with Crippen molar-refractivity contribution in [3.63, 3.8) is 0 Å².